The monoisotopic (exact) mass is 481 g/mol. The van der Waals surface area contributed by atoms with Crippen LogP contribution in [-0.2, 0) is 0 Å². The molecule has 1 heterocycles. The summed E-state index contributed by atoms with van der Waals surface area (Å²) in [4.78, 5) is 17.9. The Balaban J connectivity index is 1.75. The normalized spacial score (nSPS) is 11.6. The first-order valence-corrected chi connectivity index (χ1v) is 11.1. The van der Waals surface area contributed by atoms with E-state index in [9.17, 15) is 4.79 Å². The van der Waals surface area contributed by atoms with Crippen molar-refractivity contribution in [3.8, 4) is 11.3 Å². The van der Waals surface area contributed by atoms with Crippen LogP contribution < -0.4 is 5.43 Å². The number of benzene rings is 3. The highest BCUT2D eigenvalue weighted by molar-refractivity contribution is 6.32. The zero-order valence-corrected chi connectivity index (χ0v) is 19.3. The second-order valence-electron chi connectivity index (χ2n) is 7.09. The van der Waals surface area contributed by atoms with Gasteiger partial charge in [0.2, 0.25) is 0 Å². The number of rotatable bonds is 5. The Labute approximate surface area is 200 Å². The average Bonchev–Trinajstić information content (AvgIpc) is 2.79. The summed E-state index contributed by atoms with van der Waals surface area (Å²) >= 11 is 18.3. The van der Waals surface area contributed by atoms with Gasteiger partial charge in [0.25, 0.3) is 5.91 Å². The summed E-state index contributed by atoms with van der Waals surface area (Å²) < 4.78 is 0. The maximum atomic E-state index is 13.2. The van der Waals surface area contributed by atoms with Crippen LogP contribution in [0.3, 0.4) is 0 Å². The summed E-state index contributed by atoms with van der Waals surface area (Å²) in [5, 5.41) is 6.76. The van der Waals surface area contributed by atoms with Gasteiger partial charge in [-0.15, -0.1) is 0 Å². The molecule has 0 aliphatic carbocycles. The lowest BCUT2D eigenvalue weighted by atomic mass is 10.0. The highest BCUT2D eigenvalue weighted by Gasteiger charge is 2.15. The summed E-state index contributed by atoms with van der Waals surface area (Å²) in [6.07, 6.45) is 0.625. The van der Waals surface area contributed by atoms with Crippen LogP contribution in [-0.4, -0.2) is 16.6 Å². The molecule has 4 rings (SSSR count). The molecule has 4 nitrogen and oxygen atoms in total. The van der Waals surface area contributed by atoms with E-state index in [1.807, 2.05) is 37.3 Å². The summed E-state index contributed by atoms with van der Waals surface area (Å²) in [7, 11) is 0. The molecule has 0 bridgehead atoms. The van der Waals surface area contributed by atoms with Crippen molar-refractivity contribution in [2.45, 2.75) is 13.3 Å². The third kappa shape index (κ3) is 4.94. The Morgan fingerprint density at radius 1 is 0.906 bits per heavy atom. The van der Waals surface area contributed by atoms with Crippen LogP contribution >= 0.6 is 34.8 Å². The van der Waals surface area contributed by atoms with E-state index in [1.165, 1.54) is 0 Å². The van der Waals surface area contributed by atoms with Gasteiger partial charge in [-0.1, -0.05) is 66.0 Å². The predicted octanol–water partition coefficient (Wildman–Crippen LogP) is 7.41. The van der Waals surface area contributed by atoms with Gasteiger partial charge in [0.15, 0.2) is 0 Å². The number of aromatic nitrogens is 1. The smallest absolute Gasteiger partial charge is 0.267 e. The lowest BCUT2D eigenvalue weighted by Crippen LogP contribution is -2.20. The predicted molar refractivity (Wildman–Crippen MR) is 133 cm³/mol. The van der Waals surface area contributed by atoms with E-state index in [2.05, 4.69) is 10.5 Å². The lowest BCUT2D eigenvalue weighted by Gasteiger charge is -2.11. The molecule has 0 atom stereocenters. The third-order valence-corrected chi connectivity index (χ3v) is 5.66. The van der Waals surface area contributed by atoms with E-state index in [-0.39, 0.29) is 5.91 Å². The van der Waals surface area contributed by atoms with Crippen molar-refractivity contribution < 1.29 is 4.79 Å². The van der Waals surface area contributed by atoms with Crippen LogP contribution in [0.4, 0.5) is 0 Å². The molecule has 3 aromatic carbocycles. The molecule has 1 aromatic heterocycles. The van der Waals surface area contributed by atoms with E-state index in [1.54, 1.807) is 42.5 Å². The quantitative estimate of drug-likeness (QED) is 0.238. The van der Waals surface area contributed by atoms with Crippen LogP contribution in [0.1, 0.15) is 29.3 Å². The zero-order valence-electron chi connectivity index (χ0n) is 17.1. The highest BCUT2D eigenvalue weighted by Crippen LogP contribution is 2.28. The van der Waals surface area contributed by atoms with Crippen LogP contribution in [0, 0.1) is 0 Å². The van der Waals surface area contributed by atoms with Crippen molar-refractivity contribution in [3.63, 3.8) is 0 Å². The Kier molecular flexibility index (Phi) is 6.75. The van der Waals surface area contributed by atoms with Gasteiger partial charge in [0, 0.05) is 26.0 Å². The Bertz CT molecular complexity index is 1330. The molecule has 1 amide bonds. The second-order valence-corrected chi connectivity index (χ2v) is 8.40. The van der Waals surface area contributed by atoms with E-state index in [4.69, 9.17) is 39.8 Å². The van der Waals surface area contributed by atoms with Gasteiger partial charge in [-0.3, -0.25) is 4.79 Å². The molecule has 0 fully saturated rings. The number of amides is 1. The third-order valence-electron chi connectivity index (χ3n) is 4.94. The standard InChI is InChI=1S/C25H18Cl3N3O/c1-2-22(16-4-3-5-18(27)12-16)30-31-25(32)21-14-24(15-6-8-17(26)9-7-15)29-23-11-10-19(28)13-20(21)23/h3-14H,2H2,1H3,(H,31,32). The summed E-state index contributed by atoms with van der Waals surface area (Å²) in [5.41, 5.74) is 6.82. The minimum atomic E-state index is -0.358. The Morgan fingerprint density at radius 2 is 1.62 bits per heavy atom. The molecule has 1 N–H and O–H groups in total. The first kappa shape index (κ1) is 22.3. The number of hydrogen-bond donors (Lipinski definition) is 1. The van der Waals surface area contributed by atoms with Crippen molar-refractivity contribution in [1.82, 2.24) is 10.4 Å². The van der Waals surface area contributed by atoms with Crippen LogP contribution in [0.5, 0.6) is 0 Å². The number of hydrazone groups is 1. The molecular weight excluding hydrogens is 465 g/mol. The van der Waals surface area contributed by atoms with Crippen LogP contribution in [0.2, 0.25) is 15.1 Å². The first-order chi connectivity index (χ1) is 15.4. The molecule has 0 spiro atoms. The number of carbonyl (C=O) groups excluding carboxylic acids is 1. The SMILES string of the molecule is CCC(=NNC(=O)c1cc(-c2ccc(Cl)cc2)nc2ccc(Cl)cc12)c1cccc(Cl)c1. The van der Waals surface area contributed by atoms with Crippen molar-refractivity contribution in [1.29, 1.82) is 0 Å². The van der Waals surface area contributed by atoms with Gasteiger partial charge in [0.05, 0.1) is 22.5 Å². The maximum absolute atomic E-state index is 13.2. The molecule has 0 saturated carbocycles. The number of carbonyl (C=O) groups is 1. The minimum absolute atomic E-state index is 0.358. The fraction of sp³-hybridized carbons (Fsp3) is 0.0800. The highest BCUT2D eigenvalue weighted by atomic mass is 35.5. The molecule has 0 aliphatic rings. The molecular formula is C25H18Cl3N3O. The number of nitrogens with one attached hydrogen (secondary N) is 1. The molecule has 32 heavy (non-hydrogen) atoms. The Hall–Kier alpha value is -2.92. The average molecular weight is 483 g/mol. The van der Waals surface area contributed by atoms with Crippen LogP contribution in [0.25, 0.3) is 22.2 Å². The molecule has 0 saturated heterocycles. The largest absolute Gasteiger partial charge is 0.272 e. The van der Waals surface area contributed by atoms with Crippen molar-refractivity contribution in [3.05, 3.63) is 99.0 Å². The second kappa shape index (κ2) is 9.70. The zero-order chi connectivity index (χ0) is 22.7. The van der Waals surface area contributed by atoms with E-state index in [0.717, 1.165) is 16.8 Å². The lowest BCUT2D eigenvalue weighted by molar-refractivity contribution is 0.0956. The molecule has 160 valence electrons. The van der Waals surface area contributed by atoms with Crippen molar-refractivity contribution >= 4 is 57.3 Å². The van der Waals surface area contributed by atoms with Crippen molar-refractivity contribution in [2.75, 3.05) is 0 Å². The molecule has 4 aromatic rings. The number of halogens is 3. The van der Waals surface area contributed by atoms with Gasteiger partial charge >= 0.3 is 0 Å². The topological polar surface area (TPSA) is 54.4 Å². The summed E-state index contributed by atoms with van der Waals surface area (Å²) in [6, 6.07) is 21.7. The van der Waals surface area contributed by atoms with Gasteiger partial charge < -0.3 is 0 Å². The van der Waals surface area contributed by atoms with Gasteiger partial charge in [-0.05, 0) is 60.5 Å². The van der Waals surface area contributed by atoms with E-state index < -0.39 is 0 Å². The summed E-state index contributed by atoms with van der Waals surface area (Å²) in [5.74, 6) is -0.358. The molecule has 0 aliphatic heterocycles. The maximum Gasteiger partial charge on any atom is 0.272 e. The minimum Gasteiger partial charge on any atom is -0.267 e. The molecule has 7 heteroatoms. The fourth-order valence-electron chi connectivity index (χ4n) is 3.35. The van der Waals surface area contributed by atoms with Crippen LogP contribution in [0.15, 0.2) is 77.9 Å². The number of hydrogen-bond acceptors (Lipinski definition) is 3. The number of fused-ring (bicyclic) bond motifs is 1. The van der Waals surface area contributed by atoms with Gasteiger partial charge in [0.1, 0.15) is 0 Å². The molecule has 0 radical (unpaired) electrons. The number of nitrogens with zero attached hydrogens (tertiary/aromatic N) is 2. The van der Waals surface area contributed by atoms with E-state index in [0.29, 0.717) is 43.6 Å². The van der Waals surface area contributed by atoms with Crippen molar-refractivity contribution in [2.24, 2.45) is 5.10 Å². The first-order valence-electron chi connectivity index (χ1n) is 9.93. The van der Waals surface area contributed by atoms with Gasteiger partial charge in [-0.2, -0.15) is 5.10 Å². The van der Waals surface area contributed by atoms with E-state index >= 15 is 0 Å². The van der Waals surface area contributed by atoms with Gasteiger partial charge in [-0.25, -0.2) is 10.4 Å². The molecule has 0 unspecified atom stereocenters. The summed E-state index contributed by atoms with van der Waals surface area (Å²) in [6.45, 7) is 1.96. The Morgan fingerprint density at radius 3 is 2.34 bits per heavy atom. The number of pyridine rings is 1. The fourth-order valence-corrected chi connectivity index (χ4v) is 3.84.